The third-order valence-corrected chi connectivity index (χ3v) is 4.29. The van der Waals surface area contributed by atoms with Gasteiger partial charge in [-0.1, -0.05) is 32.8 Å². The molecule has 0 spiro atoms. The first kappa shape index (κ1) is 14.5. The molecule has 1 aliphatic rings. The van der Waals surface area contributed by atoms with Gasteiger partial charge in [-0.2, -0.15) is 0 Å². The highest BCUT2D eigenvalue weighted by Crippen LogP contribution is 2.36. The number of aryl methyl sites for hydroxylation is 1. The number of hydrogen-bond acceptors (Lipinski definition) is 2. The SMILES string of the molecule is CCCNC(c1cccc(C)n1)C1CCCC(C)C1. The maximum atomic E-state index is 4.76. The van der Waals surface area contributed by atoms with Gasteiger partial charge in [-0.05, 0) is 56.7 Å². The molecule has 3 atom stereocenters. The van der Waals surface area contributed by atoms with Gasteiger partial charge in [0, 0.05) is 5.69 Å². The van der Waals surface area contributed by atoms with Crippen molar-refractivity contribution >= 4 is 0 Å². The molecular weight excluding hydrogens is 232 g/mol. The van der Waals surface area contributed by atoms with Crippen LogP contribution in [0.25, 0.3) is 0 Å². The van der Waals surface area contributed by atoms with Crippen molar-refractivity contribution in [2.45, 2.75) is 58.9 Å². The summed E-state index contributed by atoms with van der Waals surface area (Å²) in [5.74, 6) is 1.62. The van der Waals surface area contributed by atoms with Gasteiger partial charge in [-0.3, -0.25) is 4.98 Å². The van der Waals surface area contributed by atoms with E-state index >= 15 is 0 Å². The zero-order valence-electron chi connectivity index (χ0n) is 12.7. The Bertz CT molecular complexity index is 389. The highest BCUT2D eigenvalue weighted by molar-refractivity contribution is 5.14. The van der Waals surface area contributed by atoms with Crippen LogP contribution in [0.1, 0.15) is 63.4 Å². The summed E-state index contributed by atoms with van der Waals surface area (Å²) in [6, 6.07) is 6.87. The molecule has 0 radical (unpaired) electrons. The highest BCUT2D eigenvalue weighted by atomic mass is 14.9. The fourth-order valence-electron chi connectivity index (χ4n) is 3.33. The van der Waals surface area contributed by atoms with Gasteiger partial charge in [0.15, 0.2) is 0 Å². The Morgan fingerprint density at radius 3 is 2.89 bits per heavy atom. The van der Waals surface area contributed by atoms with Crippen LogP contribution < -0.4 is 5.32 Å². The third-order valence-electron chi connectivity index (χ3n) is 4.29. The second-order valence-electron chi connectivity index (χ2n) is 6.17. The zero-order valence-corrected chi connectivity index (χ0v) is 12.7. The summed E-state index contributed by atoms with van der Waals surface area (Å²) in [5, 5.41) is 3.74. The van der Waals surface area contributed by atoms with Crippen molar-refractivity contribution < 1.29 is 0 Å². The van der Waals surface area contributed by atoms with Crippen LogP contribution in [0.2, 0.25) is 0 Å². The number of aromatic nitrogens is 1. The van der Waals surface area contributed by atoms with Crippen molar-refractivity contribution in [1.82, 2.24) is 10.3 Å². The first-order valence-electron chi connectivity index (χ1n) is 7.87. The molecule has 2 nitrogen and oxygen atoms in total. The van der Waals surface area contributed by atoms with Crippen LogP contribution in [-0.4, -0.2) is 11.5 Å². The molecule has 2 heteroatoms. The molecule has 1 fully saturated rings. The quantitative estimate of drug-likeness (QED) is 0.855. The summed E-state index contributed by atoms with van der Waals surface area (Å²) < 4.78 is 0. The minimum absolute atomic E-state index is 0.447. The highest BCUT2D eigenvalue weighted by Gasteiger charge is 2.28. The fraction of sp³-hybridized carbons (Fsp3) is 0.706. The minimum atomic E-state index is 0.447. The van der Waals surface area contributed by atoms with E-state index in [1.807, 2.05) is 0 Å². The standard InChI is InChI=1S/C17H28N2/c1-4-11-18-17(15-9-5-7-13(2)12-15)16-10-6-8-14(3)19-16/h6,8,10,13,15,17-18H,4-5,7,9,11-12H2,1-3H3. The van der Waals surface area contributed by atoms with Gasteiger partial charge < -0.3 is 5.32 Å². The molecule has 0 aromatic carbocycles. The monoisotopic (exact) mass is 260 g/mol. The van der Waals surface area contributed by atoms with E-state index in [0.717, 1.165) is 24.1 Å². The Morgan fingerprint density at radius 2 is 2.21 bits per heavy atom. The van der Waals surface area contributed by atoms with Gasteiger partial charge in [-0.15, -0.1) is 0 Å². The molecular formula is C17H28N2. The average Bonchev–Trinajstić information content (AvgIpc) is 2.39. The van der Waals surface area contributed by atoms with E-state index in [2.05, 4.69) is 44.3 Å². The van der Waals surface area contributed by atoms with Gasteiger partial charge in [-0.25, -0.2) is 0 Å². The number of nitrogens with one attached hydrogen (secondary N) is 1. The van der Waals surface area contributed by atoms with Crippen molar-refractivity contribution in [2.24, 2.45) is 11.8 Å². The topological polar surface area (TPSA) is 24.9 Å². The van der Waals surface area contributed by atoms with Crippen LogP contribution in [0.5, 0.6) is 0 Å². The Hall–Kier alpha value is -0.890. The lowest BCUT2D eigenvalue weighted by Gasteiger charge is -2.33. The minimum Gasteiger partial charge on any atom is -0.308 e. The van der Waals surface area contributed by atoms with E-state index in [4.69, 9.17) is 4.98 Å². The van der Waals surface area contributed by atoms with E-state index in [1.165, 1.54) is 37.8 Å². The molecule has 0 saturated heterocycles. The van der Waals surface area contributed by atoms with E-state index in [9.17, 15) is 0 Å². The molecule has 0 bridgehead atoms. The summed E-state index contributed by atoms with van der Waals surface area (Å²) in [4.78, 5) is 4.76. The third kappa shape index (κ3) is 4.04. The fourth-order valence-corrected chi connectivity index (χ4v) is 3.33. The Kier molecular flexibility index (Phi) is 5.38. The lowest BCUT2D eigenvalue weighted by molar-refractivity contribution is 0.221. The average molecular weight is 260 g/mol. The second-order valence-corrected chi connectivity index (χ2v) is 6.17. The van der Waals surface area contributed by atoms with Gasteiger partial charge in [0.25, 0.3) is 0 Å². The predicted molar refractivity (Wildman–Crippen MR) is 81.1 cm³/mol. The molecule has 1 N–H and O–H groups in total. The molecule has 106 valence electrons. The first-order chi connectivity index (χ1) is 9.20. The summed E-state index contributed by atoms with van der Waals surface area (Å²) in [5.41, 5.74) is 2.37. The lowest BCUT2D eigenvalue weighted by Crippen LogP contribution is -2.32. The molecule has 1 heterocycles. The zero-order chi connectivity index (χ0) is 13.7. The maximum Gasteiger partial charge on any atom is 0.0579 e. The van der Waals surface area contributed by atoms with E-state index in [-0.39, 0.29) is 0 Å². The second kappa shape index (κ2) is 7.04. The van der Waals surface area contributed by atoms with Crippen molar-refractivity contribution in [3.63, 3.8) is 0 Å². The van der Waals surface area contributed by atoms with Crippen LogP contribution in [0.15, 0.2) is 18.2 Å². The van der Waals surface area contributed by atoms with Crippen molar-refractivity contribution in [2.75, 3.05) is 6.54 Å². The van der Waals surface area contributed by atoms with Crippen LogP contribution in [0.3, 0.4) is 0 Å². The number of rotatable bonds is 5. The van der Waals surface area contributed by atoms with Crippen molar-refractivity contribution in [3.8, 4) is 0 Å². The molecule has 19 heavy (non-hydrogen) atoms. The molecule has 1 aromatic rings. The first-order valence-corrected chi connectivity index (χ1v) is 7.87. The van der Waals surface area contributed by atoms with Crippen LogP contribution in [-0.2, 0) is 0 Å². The summed E-state index contributed by atoms with van der Waals surface area (Å²) in [6.45, 7) is 7.80. The molecule has 3 unspecified atom stereocenters. The Labute approximate surface area is 118 Å². The largest absolute Gasteiger partial charge is 0.308 e. The van der Waals surface area contributed by atoms with Gasteiger partial charge in [0.1, 0.15) is 0 Å². The smallest absolute Gasteiger partial charge is 0.0579 e. The summed E-state index contributed by atoms with van der Waals surface area (Å²) in [7, 11) is 0. The molecule has 1 aromatic heterocycles. The van der Waals surface area contributed by atoms with Crippen LogP contribution >= 0.6 is 0 Å². The van der Waals surface area contributed by atoms with E-state index < -0.39 is 0 Å². The van der Waals surface area contributed by atoms with Gasteiger partial charge in [0.2, 0.25) is 0 Å². The van der Waals surface area contributed by atoms with Gasteiger partial charge in [0.05, 0.1) is 11.7 Å². The van der Waals surface area contributed by atoms with Crippen LogP contribution in [0.4, 0.5) is 0 Å². The molecule has 1 aliphatic carbocycles. The Balaban J connectivity index is 2.14. The molecule has 2 rings (SSSR count). The lowest BCUT2D eigenvalue weighted by atomic mass is 9.77. The van der Waals surface area contributed by atoms with E-state index in [0.29, 0.717) is 6.04 Å². The predicted octanol–water partition coefficient (Wildman–Crippen LogP) is 4.26. The van der Waals surface area contributed by atoms with Gasteiger partial charge >= 0.3 is 0 Å². The Morgan fingerprint density at radius 1 is 1.37 bits per heavy atom. The van der Waals surface area contributed by atoms with Crippen molar-refractivity contribution in [3.05, 3.63) is 29.6 Å². The molecule has 1 saturated carbocycles. The van der Waals surface area contributed by atoms with Crippen LogP contribution in [0, 0.1) is 18.8 Å². The van der Waals surface area contributed by atoms with Crippen molar-refractivity contribution in [1.29, 1.82) is 0 Å². The number of hydrogen-bond donors (Lipinski definition) is 1. The normalized spacial score (nSPS) is 25.2. The molecule has 0 aliphatic heterocycles. The number of nitrogens with zero attached hydrogens (tertiary/aromatic N) is 1. The summed E-state index contributed by atoms with van der Waals surface area (Å²) >= 11 is 0. The molecule has 0 amide bonds. The maximum absolute atomic E-state index is 4.76. The van der Waals surface area contributed by atoms with E-state index in [1.54, 1.807) is 0 Å². The summed E-state index contributed by atoms with van der Waals surface area (Å²) in [6.07, 6.45) is 6.66. The number of pyridine rings is 1.